The Kier molecular flexibility index (Phi) is 6.04. The molecule has 1 unspecified atom stereocenters. The van der Waals surface area contributed by atoms with E-state index in [9.17, 15) is 10.1 Å². The van der Waals surface area contributed by atoms with Crippen molar-refractivity contribution < 1.29 is 9.66 Å². The number of halogens is 1. The van der Waals surface area contributed by atoms with Gasteiger partial charge in [0.25, 0.3) is 5.69 Å². The first-order chi connectivity index (χ1) is 8.58. The normalized spacial score (nSPS) is 12.4. The summed E-state index contributed by atoms with van der Waals surface area (Å²) in [6.07, 6.45) is 0.512. The molecule has 18 heavy (non-hydrogen) atoms. The standard InChI is InChI=1S/C12H17ClN2O3/c1-3-14-11(8-18-2)7-9-6-10(13)4-5-12(9)15(16)17/h4-6,11,14H,3,7-8H2,1-2H3. The fraction of sp³-hybridized carbons (Fsp3) is 0.500. The molecule has 0 aliphatic heterocycles. The van der Waals surface area contributed by atoms with Gasteiger partial charge in [-0.15, -0.1) is 0 Å². The van der Waals surface area contributed by atoms with E-state index in [1.807, 2.05) is 6.92 Å². The number of methoxy groups -OCH3 is 1. The molecule has 1 aromatic rings. The van der Waals surface area contributed by atoms with Crippen LogP contribution in [0.1, 0.15) is 12.5 Å². The quantitative estimate of drug-likeness (QED) is 0.611. The van der Waals surface area contributed by atoms with E-state index in [2.05, 4.69) is 5.32 Å². The van der Waals surface area contributed by atoms with Crippen molar-refractivity contribution in [2.45, 2.75) is 19.4 Å². The van der Waals surface area contributed by atoms with Crippen LogP contribution in [0.3, 0.4) is 0 Å². The first-order valence-electron chi connectivity index (χ1n) is 5.73. The smallest absolute Gasteiger partial charge is 0.272 e. The average Bonchev–Trinajstić information content (AvgIpc) is 2.29. The largest absolute Gasteiger partial charge is 0.383 e. The molecule has 0 bridgehead atoms. The van der Waals surface area contributed by atoms with E-state index in [-0.39, 0.29) is 16.7 Å². The first kappa shape index (κ1) is 14.9. The number of ether oxygens (including phenoxy) is 1. The van der Waals surface area contributed by atoms with Crippen LogP contribution < -0.4 is 5.32 Å². The van der Waals surface area contributed by atoms with Crippen molar-refractivity contribution in [2.75, 3.05) is 20.3 Å². The summed E-state index contributed by atoms with van der Waals surface area (Å²) in [5, 5.41) is 14.7. The Morgan fingerprint density at radius 1 is 1.56 bits per heavy atom. The van der Waals surface area contributed by atoms with Gasteiger partial charge in [-0.25, -0.2) is 0 Å². The summed E-state index contributed by atoms with van der Waals surface area (Å²) >= 11 is 5.88. The third-order valence-corrected chi connectivity index (χ3v) is 2.80. The molecule has 0 fully saturated rings. The first-order valence-corrected chi connectivity index (χ1v) is 6.11. The van der Waals surface area contributed by atoms with Crippen LogP contribution in [0, 0.1) is 10.1 Å². The molecule has 1 atom stereocenters. The summed E-state index contributed by atoms with van der Waals surface area (Å²) in [5.74, 6) is 0. The van der Waals surface area contributed by atoms with E-state index in [0.29, 0.717) is 23.6 Å². The topological polar surface area (TPSA) is 64.4 Å². The van der Waals surface area contributed by atoms with Crippen LogP contribution in [-0.4, -0.2) is 31.2 Å². The number of hydrogen-bond acceptors (Lipinski definition) is 4. The number of likely N-dealkylation sites (N-methyl/N-ethyl adjacent to an activating group) is 1. The summed E-state index contributed by atoms with van der Waals surface area (Å²) in [6, 6.07) is 4.65. The monoisotopic (exact) mass is 272 g/mol. The Balaban J connectivity index is 2.92. The molecule has 0 spiro atoms. The van der Waals surface area contributed by atoms with E-state index in [4.69, 9.17) is 16.3 Å². The van der Waals surface area contributed by atoms with Gasteiger partial charge in [0.2, 0.25) is 0 Å². The molecule has 0 amide bonds. The molecule has 0 aliphatic carbocycles. The Morgan fingerprint density at radius 3 is 2.83 bits per heavy atom. The molecule has 5 nitrogen and oxygen atoms in total. The van der Waals surface area contributed by atoms with Crippen molar-refractivity contribution in [2.24, 2.45) is 0 Å². The van der Waals surface area contributed by atoms with Gasteiger partial charge in [0.1, 0.15) is 0 Å². The predicted molar refractivity (Wildman–Crippen MR) is 71.2 cm³/mol. The highest BCUT2D eigenvalue weighted by molar-refractivity contribution is 6.30. The highest BCUT2D eigenvalue weighted by Gasteiger charge is 2.18. The number of nitrogens with zero attached hydrogens (tertiary/aromatic N) is 1. The van der Waals surface area contributed by atoms with Crippen LogP contribution in [0.2, 0.25) is 5.02 Å². The van der Waals surface area contributed by atoms with Crippen molar-refractivity contribution in [1.82, 2.24) is 5.32 Å². The second-order valence-corrected chi connectivity index (χ2v) is 4.38. The van der Waals surface area contributed by atoms with Gasteiger partial charge in [-0.05, 0) is 25.1 Å². The van der Waals surface area contributed by atoms with E-state index < -0.39 is 0 Å². The van der Waals surface area contributed by atoms with Crippen LogP contribution in [0.25, 0.3) is 0 Å². The summed E-state index contributed by atoms with van der Waals surface area (Å²) in [5.41, 5.74) is 0.717. The molecule has 1 N–H and O–H groups in total. The lowest BCUT2D eigenvalue weighted by Gasteiger charge is -2.17. The molecule has 6 heteroatoms. The highest BCUT2D eigenvalue weighted by atomic mass is 35.5. The third-order valence-electron chi connectivity index (χ3n) is 2.57. The minimum Gasteiger partial charge on any atom is -0.383 e. The van der Waals surface area contributed by atoms with Gasteiger partial charge in [0.05, 0.1) is 11.5 Å². The van der Waals surface area contributed by atoms with Gasteiger partial charge in [0, 0.05) is 29.8 Å². The lowest BCUT2D eigenvalue weighted by atomic mass is 10.0. The molecule has 1 rings (SSSR count). The Bertz CT molecular complexity index is 406. The lowest BCUT2D eigenvalue weighted by Crippen LogP contribution is -2.35. The number of benzene rings is 1. The molecule has 0 aromatic heterocycles. The third kappa shape index (κ3) is 4.25. The van der Waals surface area contributed by atoms with Crippen LogP contribution in [0.5, 0.6) is 0 Å². The summed E-state index contributed by atoms with van der Waals surface area (Å²) in [4.78, 5) is 10.6. The molecular formula is C12H17ClN2O3. The number of nitro benzene ring substituents is 1. The van der Waals surface area contributed by atoms with Crippen LogP contribution in [-0.2, 0) is 11.2 Å². The molecule has 0 saturated carbocycles. The van der Waals surface area contributed by atoms with Crippen molar-refractivity contribution in [3.05, 3.63) is 38.9 Å². The maximum Gasteiger partial charge on any atom is 0.272 e. The minimum atomic E-state index is -0.387. The number of rotatable bonds is 7. The maximum absolute atomic E-state index is 10.9. The van der Waals surface area contributed by atoms with Crippen molar-refractivity contribution in [1.29, 1.82) is 0 Å². The molecule has 0 saturated heterocycles. The maximum atomic E-state index is 10.9. The van der Waals surface area contributed by atoms with Crippen LogP contribution >= 0.6 is 11.6 Å². The Labute approximate surface area is 111 Å². The van der Waals surface area contributed by atoms with Gasteiger partial charge in [-0.3, -0.25) is 10.1 Å². The molecule has 0 heterocycles. The average molecular weight is 273 g/mol. The lowest BCUT2D eigenvalue weighted by molar-refractivity contribution is -0.385. The summed E-state index contributed by atoms with van der Waals surface area (Å²) in [6.45, 7) is 3.26. The number of hydrogen-bond donors (Lipinski definition) is 1. The van der Waals surface area contributed by atoms with E-state index in [1.165, 1.54) is 12.1 Å². The Hall–Kier alpha value is -1.17. The Morgan fingerprint density at radius 2 is 2.28 bits per heavy atom. The molecular weight excluding hydrogens is 256 g/mol. The highest BCUT2D eigenvalue weighted by Crippen LogP contribution is 2.24. The molecule has 0 aliphatic rings. The van der Waals surface area contributed by atoms with Gasteiger partial charge < -0.3 is 10.1 Å². The van der Waals surface area contributed by atoms with Crippen LogP contribution in [0.15, 0.2) is 18.2 Å². The molecule has 1 aromatic carbocycles. The van der Waals surface area contributed by atoms with Gasteiger partial charge in [-0.1, -0.05) is 18.5 Å². The van der Waals surface area contributed by atoms with E-state index in [0.717, 1.165) is 6.54 Å². The van der Waals surface area contributed by atoms with Gasteiger partial charge in [0.15, 0.2) is 0 Å². The van der Waals surface area contributed by atoms with E-state index in [1.54, 1.807) is 13.2 Å². The van der Waals surface area contributed by atoms with Crippen molar-refractivity contribution in [3.63, 3.8) is 0 Å². The number of nitrogens with one attached hydrogen (secondary N) is 1. The van der Waals surface area contributed by atoms with E-state index >= 15 is 0 Å². The fourth-order valence-corrected chi connectivity index (χ4v) is 2.04. The zero-order valence-corrected chi connectivity index (χ0v) is 11.2. The minimum absolute atomic E-state index is 0.0390. The van der Waals surface area contributed by atoms with Crippen LogP contribution in [0.4, 0.5) is 5.69 Å². The second kappa shape index (κ2) is 7.31. The van der Waals surface area contributed by atoms with Crippen molar-refractivity contribution in [3.8, 4) is 0 Å². The second-order valence-electron chi connectivity index (χ2n) is 3.94. The van der Waals surface area contributed by atoms with Gasteiger partial charge in [-0.2, -0.15) is 0 Å². The SMILES string of the molecule is CCNC(COC)Cc1cc(Cl)ccc1[N+](=O)[O-]. The predicted octanol–water partition coefficient (Wildman–Crippen LogP) is 2.42. The summed E-state index contributed by atoms with van der Waals surface area (Å²) < 4.78 is 5.09. The zero-order chi connectivity index (χ0) is 13.5. The van der Waals surface area contributed by atoms with Gasteiger partial charge >= 0.3 is 0 Å². The molecule has 0 radical (unpaired) electrons. The molecule has 100 valence electrons. The number of nitro groups is 1. The van der Waals surface area contributed by atoms with Crippen molar-refractivity contribution >= 4 is 17.3 Å². The zero-order valence-electron chi connectivity index (χ0n) is 10.5. The summed E-state index contributed by atoms with van der Waals surface area (Å²) in [7, 11) is 1.61. The fourth-order valence-electron chi connectivity index (χ4n) is 1.84.